The Kier molecular flexibility index (Phi) is 5.26. The number of nitrogens with one attached hydrogen (secondary N) is 1. The van der Waals surface area contributed by atoms with Crippen LogP contribution in [0.15, 0.2) is 0 Å². The number of nitrogens with zero attached hydrogens (tertiary/aromatic N) is 1. The summed E-state index contributed by atoms with van der Waals surface area (Å²) in [4.78, 5) is 2.66. The van der Waals surface area contributed by atoms with Gasteiger partial charge in [-0.2, -0.15) is 0 Å². The Morgan fingerprint density at radius 3 is 2.31 bits per heavy atom. The number of rotatable bonds is 4. The maximum Gasteiger partial charge on any atom is 0.00965 e. The van der Waals surface area contributed by atoms with Crippen LogP contribution < -0.4 is 5.32 Å². The van der Waals surface area contributed by atoms with Crippen LogP contribution in [0.5, 0.6) is 0 Å². The minimum atomic E-state index is 0.260. The fraction of sp³-hybridized carbons (Fsp3) is 1.00. The van der Waals surface area contributed by atoms with Crippen LogP contribution in [0.4, 0.5) is 0 Å². The molecule has 0 amide bonds. The standard InChI is InChI=1S/C14H30N2/c1-12-7-10-16(11-8-12)13(2)6-9-15-14(3,4)5/h12-13,15H,6-11H2,1-5H3. The largest absolute Gasteiger partial charge is 0.312 e. The highest BCUT2D eigenvalue weighted by Gasteiger charge is 2.20. The smallest absolute Gasteiger partial charge is 0.00965 e. The molecular weight excluding hydrogens is 196 g/mol. The van der Waals surface area contributed by atoms with Crippen LogP contribution in [0.2, 0.25) is 0 Å². The molecule has 1 aliphatic heterocycles. The molecule has 0 aromatic carbocycles. The molecule has 0 aromatic heterocycles. The number of likely N-dealkylation sites (tertiary alicyclic amines) is 1. The zero-order valence-electron chi connectivity index (χ0n) is 11.8. The zero-order valence-corrected chi connectivity index (χ0v) is 11.8. The average molecular weight is 226 g/mol. The summed E-state index contributed by atoms with van der Waals surface area (Å²) in [6, 6.07) is 0.738. The molecule has 1 saturated heterocycles. The Labute approximate surface area is 102 Å². The second-order valence-corrected chi connectivity index (χ2v) is 6.53. The maximum absolute atomic E-state index is 3.57. The van der Waals surface area contributed by atoms with E-state index >= 15 is 0 Å². The van der Waals surface area contributed by atoms with Crippen LogP contribution in [0.1, 0.15) is 53.9 Å². The first-order chi connectivity index (χ1) is 7.38. The first-order valence-corrected chi connectivity index (χ1v) is 6.87. The highest BCUT2D eigenvalue weighted by Crippen LogP contribution is 2.18. The lowest BCUT2D eigenvalue weighted by Gasteiger charge is -2.35. The molecule has 1 unspecified atom stereocenters. The van der Waals surface area contributed by atoms with E-state index in [-0.39, 0.29) is 5.54 Å². The van der Waals surface area contributed by atoms with Crippen LogP contribution in [0, 0.1) is 5.92 Å². The molecule has 0 saturated carbocycles. The number of piperidine rings is 1. The Balaban J connectivity index is 2.17. The quantitative estimate of drug-likeness (QED) is 0.793. The van der Waals surface area contributed by atoms with Crippen LogP contribution >= 0.6 is 0 Å². The van der Waals surface area contributed by atoms with Crippen molar-refractivity contribution >= 4 is 0 Å². The molecule has 1 rings (SSSR count). The van der Waals surface area contributed by atoms with Gasteiger partial charge in [0, 0.05) is 11.6 Å². The highest BCUT2D eigenvalue weighted by atomic mass is 15.2. The third-order valence-electron chi connectivity index (χ3n) is 3.66. The predicted octanol–water partition coefficient (Wildman–Crippen LogP) is 2.89. The van der Waals surface area contributed by atoms with Gasteiger partial charge in [-0.25, -0.2) is 0 Å². The molecule has 1 N–H and O–H groups in total. The molecule has 0 spiro atoms. The van der Waals surface area contributed by atoms with E-state index in [1.165, 1.54) is 32.4 Å². The van der Waals surface area contributed by atoms with Crippen molar-refractivity contribution < 1.29 is 0 Å². The summed E-state index contributed by atoms with van der Waals surface area (Å²) in [6.07, 6.45) is 4.04. The van der Waals surface area contributed by atoms with Crippen molar-refractivity contribution in [3.8, 4) is 0 Å². The van der Waals surface area contributed by atoms with Crippen molar-refractivity contribution in [1.82, 2.24) is 10.2 Å². The molecule has 0 aromatic rings. The molecule has 96 valence electrons. The molecule has 1 atom stereocenters. The van der Waals surface area contributed by atoms with Crippen LogP contribution in [0.25, 0.3) is 0 Å². The van der Waals surface area contributed by atoms with Gasteiger partial charge in [-0.1, -0.05) is 6.92 Å². The third kappa shape index (κ3) is 5.31. The minimum Gasteiger partial charge on any atom is -0.312 e. The van der Waals surface area contributed by atoms with E-state index in [2.05, 4.69) is 44.8 Å². The van der Waals surface area contributed by atoms with Crippen LogP contribution in [-0.2, 0) is 0 Å². The van der Waals surface area contributed by atoms with E-state index in [4.69, 9.17) is 0 Å². The Hall–Kier alpha value is -0.0800. The lowest BCUT2D eigenvalue weighted by atomic mass is 9.97. The summed E-state index contributed by atoms with van der Waals surface area (Å²) >= 11 is 0. The fourth-order valence-electron chi connectivity index (χ4n) is 2.31. The second-order valence-electron chi connectivity index (χ2n) is 6.53. The normalized spacial score (nSPS) is 22.3. The average Bonchev–Trinajstić information content (AvgIpc) is 2.16. The van der Waals surface area contributed by atoms with Gasteiger partial charge in [0.25, 0.3) is 0 Å². The lowest BCUT2D eigenvalue weighted by molar-refractivity contribution is 0.139. The third-order valence-corrected chi connectivity index (χ3v) is 3.66. The van der Waals surface area contributed by atoms with Gasteiger partial charge < -0.3 is 10.2 Å². The van der Waals surface area contributed by atoms with E-state index in [1.54, 1.807) is 0 Å². The summed E-state index contributed by atoms with van der Waals surface area (Å²) in [7, 11) is 0. The zero-order chi connectivity index (χ0) is 12.2. The van der Waals surface area contributed by atoms with Crippen LogP contribution in [-0.4, -0.2) is 36.1 Å². The SMILES string of the molecule is CC1CCN(C(C)CCNC(C)(C)C)CC1. The van der Waals surface area contributed by atoms with Gasteiger partial charge in [0.1, 0.15) is 0 Å². The van der Waals surface area contributed by atoms with Crippen molar-refractivity contribution in [2.24, 2.45) is 5.92 Å². The number of hydrogen-bond acceptors (Lipinski definition) is 2. The molecule has 1 heterocycles. The van der Waals surface area contributed by atoms with Crippen molar-refractivity contribution in [3.63, 3.8) is 0 Å². The molecule has 16 heavy (non-hydrogen) atoms. The molecule has 1 fully saturated rings. The maximum atomic E-state index is 3.57. The van der Waals surface area contributed by atoms with Gasteiger partial charge >= 0.3 is 0 Å². The van der Waals surface area contributed by atoms with Gasteiger partial charge in [0.2, 0.25) is 0 Å². The van der Waals surface area contributed by atoms with E-state index in [9.17, 15) is 0 Å². The molecule has 0 radical (unpaired) electrons. The molecule has 0 aliphatic carbocycles. The van der Waals surface area contributed by atoms with Crippen molar-refractivity contribution in [2.45, 2.75) is 65.5 Å². The van der Waals surface area contributed by atoms with Crippen molar-refractivity contribution in [1.29, 1.82) is 0 Å². The highest BCUT2D eigenvalue weighted by molar-refractivity contribution is 4.77. The summed E-state index contributed by atoms with van der Waals surface area (Å²) in [5.74, 6) is 0.941. The summed E-state index contributed by atoms with van der Waals surface area (Å²) in [6.45, 7) is 15.2. The first-order valence-electron chi connectivity index (χ1n) is 6.87. The van der Waals surface area contributed by atoms with E-state index in [0.717, 1.165) is 18.5 Å². The lowest BCUT2D eigenvalue weighted by Crippen LogP contribution is -2.43. The first kappa shape index (κ1) is 14.0. The van der Waals surface area contributed by atoms with Gasteiger partial charge in [-0.3, -0.25) is 0 Å². The topological polar surface area (TPSA) is 15.3 Å². The fourth-order valence-corrected chi connectivity index (χ4v) is 2.31. The molecule has 1 aliphatic rings. The van der Waals surface area contributed by atoms with E-state index in [0.29, 0.717) is 0 Å². The van der Waals surface area contributed by atoms with Gasteiger partial charge in [-0.05, 0) is 72.5 Å². The predicted molar refractivity (Wildman–Crippen MR) is 71.8 cm³/mol. The van der Waals surface area contributed by atoms with Crippen molar-refractivity contribution in [2.75, 3.05) is 19.6 Å². The van der Waals surface area contributed by atoms with E-state index < -0.39 is 0 Å². The van der Waals surface area contributed by atoms with E-state index in [1.807, 2.05) is 0 Å². The Morgan fingerprint density at radius 1 is 1.25 bits per heavy atom. The van der Waals surface area contributed by atoms with Gasteiger partial charge in [0.15, 0.2) is 0 Å². The summed E-state index contributed by atoms with van der Waals surface area (Å²) < 4.78 is 0. The van der Waals surface area contributed by atoms with Gasteiger partial charge in [-0.15, -0.1) is 0 Å². The number of hydrogen-bond donors (Lipinski definition) is 1. The molecular formula is C14H30N2. The summed E-state index contributed by atoms with van der Waals surface area (Å²) in [5, 5.41) is 3.57. The van der Waals surface area contributed by atoms with Gasteiger partial charge in [0.05, 0.1) is 0 Å². The van der Waals surface area contributed by atoms with Crippen LogP contribution in [0.3, 0.4) is 0 Å². The molecule has 2 heteroatoms. The summed E-state index contributed by atoms with van der Waals surface area (Å²) in [5.41, 5.74) is 0.260. The monoisotopic (exact) mass is 226 g/mol. The molecule has 0 bridgehead atoms. The Morgan fingerprint density at radius 2 is 1.81 bits per heavy atom. The second kappa shape index (κ2) is 6.02. The Bertz CT molecular complexity index is 187. The molecule has 2 nitrogen and oxygen atoms in total. The minimum absolute atomic E-state index is 0.260. The van der Waals surface area contributed by atoms with Crippen molar-refractivity contribution in [3.05, 3.63) is 0 Å².